The summed E-state index contributed by atoms with van der Waals surface area (Å²) >= 11 is 0. The number of hydrogen-bond acceptors (Lipinski definition) is 3. The normalized spacial score (nSPS) is 18.0. The first-order valence-electron chi connectivity index (χ1n) is 5.76. The van der Waals surface area contributed by atoms with Crippen LogP contribution in [0.5, 0.6) is 5.75 Å². The van der Waals surface area contributed by atoms with Gasteiger partial charge in [0.05, 0.1) is 17.1 Å². The molecule has 0 fully saturated rings. The van der Waals surface area contributed by atoms with Gasteiger partial charge >= 0.3 is 0 Å². The van der Waals surface area contributed by atoms with Gasteiger partial charge in [-0.1, -0.05) is 18.2 Å². The van der Waals surface area contributed by atoms with Gasteiger partial charge in [0, 0.05) is 0 Å². The molecular formula is C14H14N2O. The Bertz CT molecular complexity index is 517. The molecule has 2 aliphatic rings. The first kappa shape index (κ1) is 10.1. The van der Waals surface area contributed by atoms with Gasteiger partial charge in [0.2, 0.25) is 0 Å². The molecule has 0 atom stereocenters. The number of anilines is 1. The lowest BCUT2D eigenvalue weighted by atomic mass is 10.1. The number of fused-ring (bicyclic) bond motifs is 1. The molecule has 17 heavy (non-hydrogen) atoms. The second-order valence-electron chi connectivity index (χ2n) is 4.10. The second kappa shape index (κ2) is 4.09. The molecule has 0 aromatic heterocycles. The number of ether oxygens (including phenoxy) is 1. The van der Waals surface area contributed by atoms with E-state index < -0.39 is 0 Å². The van der Waals surface area contributed by atoms with Gasteiger partial charge in [-0.05, 0) is 37.8 Å². The SMILES string of the molecule is C=NC1=C(N2COc3ccccc32)C=CCC1. The summed E-state index contributed by atoms with van der Waals surface area (Å²) in [7, 11) is 0. The summed E-state index contributed by atoms with van der Waals surface area (Å²) in [5.41, 5.74) is 3.26. The molecule has 1 aromatic carbocycles. The maximum Gasteiger partial charge on any atom is 0.165 e. The molecule has 0 N–H and O–H groups in total. The van der Waals surface area contributed by atoms with Crippen molar-refractivity contribution in [2.75, 3.05) is 11.6 Å². The molecule has 1 heterocycles. The lowest BCUT2D eigenvalue weighted by Crippen LogP contribution is -2.22. The number of aliphatic imine (C=N–C) groups is 1. The van der Waals surface area contributed by atoms with Crippen molar-refractivity contribution in [3.63, 3.8) is 0 Å². The molecule has 3 rings (SSSR count). The van der Waals surface area contributed by atoms with Crippen LogP contribution in [0.4, 0.5) is 5.69 Å². The number of hydrogen-bond donors (Lipinski definition) is 0. The van der Waals surface area contributed by atoms with Gasteiger partial charge in [-0.3, -0.25) is 4.99 Å². The molecule has 0 bridgehead atoms. The third-order valence-electron chi connectivity index (χ3n) is 3.11. The van der Waals surface area contributed by atoms with Crippen LogP contribution in [-0.2, 0) is 0 Å². The lowest BCUT2D eigenvalue weighted by molar-refractivity contribution is 0.354. The molecule has 0 spiro atoms. The molecule has 86 valence electrons. The Morgan fingerprint density at radius 1 is 1.29 bits per heavy atom. The minimum atomic E-state index is 0.554. The molecule has 1 aliphatic carbocycles. The molecule has 0 saturated heterocycles. The van der Waals surface area contributed by atoms with Crippen LogP contribution in [0.3, 0.4) is 0 Å². The van der Waals surface area contributed by atoms with E-state index in [0.29, 0.717) is 6.73 Å². The van der Waals surface area contributed by atoms with Crippen molar-refractivity contribution in [1.29, 1.82) is 0 Å². The topological polar surface area (TPSA) is 24.8 Å². The monoisotopic (exact) mass is 226 g/mol. The second-order valence-corrected chi connectivity index (χ2v) is 4.10. The zero-order chi connectivity index (χ0) is 11.7. The van der Waals surface area contributed by atoms with Gasteiger partial charge in [0.1, 0.15) is 5.75 Å². The van der Waals surface area contributed by atoms with Crippen LogP contribution in [0.25, 0.3) is 0 Å². The van der Waals surface area contributed by atoms with Crippen LogP contribution < -0.4 is 9.64 Å². The summed E-state index contributed by atoms with van der Waals surface area (Å²) in [5.74, 6) is 0.933. The molecule has 0 unspecified atom stereocenters. The Balaban J connectivity index is 2.04. The van der Waals surface area contributed by atoms with E-state index in [0.717, 1.165) is 35.7 Å². The third kappa shape index (κ3) is 1.64. The Morgan fingerprint density at radius 3 is 3.06 bits per heavy atom. The van der Waals surface area contributed by atoms with E-state index in [-0.39, 0.29) is 0 Å². The first-order chi connectivity index (χ1) is 8.40. The lowest BCUT2D eigenvalue weighted by Gasteiger charge is -2.22. The van der Waals surface area contributed by atoms with Crippen molar-refractivity contribution < 1.29 is 4.74 Å². The summed E-state index contributed by atoms with van der Waals surface area (Å²) in [6, 6.07) is 8.07. The van der Waals surface area contributed by atoms with Crippen LogP contribution in [0.15, 0.2) is 52.8 Å². The van der Waals surface area contributed by atoms with Crippen molar-refractivity contribution in [3.05, 3.63) is 47.8 Å². The molecule has 3 nitrogen and oxygen atoms in total. The fourth-order valence-corrected chi connectivity index (χ4v) is 2.25. The highest BCUT2D eigenvalue weighted by molar-refractivity contribution is 5.67. The highest BCUT2D eigenvalue weighted by Gasteiger charge is 2.24. The van der Waals surface area contributed by atoms with E-state index in [1.165, 1.54) is 0 Å². The minimum absolute atomic E-state index is 0.554. The largest absolute Gasteiger partial charge is 0.471 e. The molecule has 1 aliphatic heterocycles. The predicted molar refractivity (Wildman–Crippen MR) is 69.4 cm³/mol. The van der Waals surface area contributed by atoms with Gasteiger partial charge < -0.3 is 9.64 Å². The summed E-state index contributed by atoms with van der Waals surface area (Å²) in [4.78, 5) is 6.28. The van der Waals surface area contributed by atoms with E-state index in [1.54, 1.807) is 0 Å². The summed E-state index contributed by atoms with van der Waals surface area (Å²) in [6.07, 6.45) is 6.27. The summed E-state index contributed by atoms with van der Waals surface area (Å²) in [5, 5.41) is 0. The van der Waals surface area contributed by atoms with Gasteiger partial charge in [-0.25, -0.2) is 0 Å². The van der Waals surface area contributed by atoms with E-state index in [2.05, 4.69) is 34.8 Å². The van der Waals surface area contributed by atoms with E-state index in [4.69, 9.17) is 4.74 Å². The average molecular weight is 226 g/mol. The third-order valence-corrected chi connectivity index (χ3v) is 3.11. The van der Waals surface area contributed by atoms with Crippen molar-refractivity contribution in [1.82, 2.24) is 0 Å². The smallest absolute Gasteiger partial charge is 0.165 e. The number of para-hydroxylation sites is 2. The zero-order valence-electron chi connectivity index (χ0n) is 9.60. The van der Waals surface area contributed by atoms with E-state index in [1.807, 2.05) is 18.2 Å². The van der Waals surface area contributed by atoms with E-state index >= 15 is 0 Å². The number of nitrogens with zero attached hydrogens (tertiary/aromatic N) is 2. The summed E-state index contributed by atoms with van der Waals surface area (Å²) in [6.45, 7) is 4.21. The van der Waals surface area contributed by atoms with Crippen molar-refractivity contribution in [2.45, 2.75) is 12.8 Å². The Hall–Kier alpha value is -2.03. The van der Waals surface area contributed by atoms with Gasteiger partial charge in [0.25, 0.3) is 0 Å². The zero-order valence-corrected chi connectivity index (χ0v) is 9.60. The van der Waals surface area contributed by atoms with Crippen molar-refractivity contribution in [2.24, 2.45) is 4.99 Å². The maximum absolute atomic E-state index is 5.65. The fourth-order valence-electron chi connectivity index (χ4n) is 2.25. The molecular weight excluding hydrogens is 212 g/mol. The van der Waals surface area contributed by atoms with Crippen LogP contribution in [0.2, 0.25) is 0 Å². The number of rotatable bonds is 2. The molecule has 3 heteroatoms. The molecule has 0 amide bonds. The van der Waals surface area contributed by atoms with Crippen molar-refractivity contribution in [3.8, 4) is 5.75 Å². The maximum atomic E-state index is 5.65. The number of benzene rings is 1. The van der Waals surface area contributed by atoms with Crippen LogP contribution in [0, 0.1) is 0 Å². The first-order valence-corrected chi connectivity index (χ1v) is 5.76. The van der Waals surface area contributed by atoms with Gasteiger partial charge in [-0.15, -0.1) is 0 Å². The molecule has 1 aromatic rings. The predicted octanol–water partition coefficient (Wildman–Crippen LogP) is 3.11. The highest BCUT2D eigenvalue weighted by Crippen LogP contribution is 2.38. The fraction of sp³-hybridized carbons (Fsp3) is 0.214. The highest BCUT2D eigenvalue weighted by atomic mass is 16.5. The van der Waals surface area contributed by atoms with Crippen LogP contribution >= 0.6 is 0 Å². The Labute approximate surface area is 101 Å². The molecule has 0 saturated carbocycles. The van der Waals surface area contributed by atoms with Gasteiger partial charge in [-0.2, -0.15) is 0 Å². The van der Waals surface area contributed by atoms with E-state index in [9.17, 15) is 0 Å². The quantitative estimate of drug-likeness (QED) is 0.724. The van der Waals surface area contributed by atoms with Crippen LogP contribution in [-0.4, -0.2) is 13.4 Å². The Morgan fingerprint density at radius 2 is 2.18 bits per heavy atom. The number of allylic oxidation sites excluding steroid dienone is 3. The standard InChI is InChI=1S/C14H14N2O/c1-15-11-6-2-3-7-12(11)16-10-17-14-9-5-4-8-13(14)16/h3-5,7-9H,1-2,6,10H2. The molecule has 0 radical (unpaired) electrons. The van der Waals surface area contributed by atoms with Crippen LogP contribution in [0.1, 0.15) is 12.8 Å². The average Bonchev–Trinajstić information content (AvgIpc) is 2.82. The Kier molecular flexibility index (Phi) is 2.44. The van der Waals surface area contributed by atoms with Gasteiger partial charge in [0.15, 0.2) is 6.73 Å². The summed E-state index contributed by atoms with van der Waals surface area (Å²) < 4.78 is 5.65. The van der Waals surface area contributed by atoms with Crippen molar-refractivity contribution >= 4 is 12.4 Å². The minimum Gasteiger partial charge on any atom is -0.471 e.